The van der Waals surface area contributed by atoms with Gasteiger partial charge >= 0.3 is 5.63 Å². The quantitative estimate of drug-likeness (QED) is 0.294. The van der Waals surface area contributed by atoms with Gasteiger partial charge < -0.3 is 29.2 Å². The highest BCUT2D eigenvalue weighted by atomic mass is 32.2. The first-order chi connectivity index (χ1) is 12.8. The lowest BCUT2D eigenvalue weighted by Crippen LogP contribution is -2.64. The van der Waals surface area contributed by atoms with Crippen molar-refractivity contribution in [1.29, 1.82) is 0 Å². The molecule has 0 saturated carbocycles. The molecular weight excluding hydrogens is 382 g/mol. The van der Waals surface area contributed by atoms with Crippen LogP contribution in [0.2, 0.25) is 0 Å². The monoisotopic (exact) mass is 401 g/mol. The van der Waals surface area contributed by atoms with E-state index in [0.29, 0.717) is 10.9 Å². The number of fused-ring (bicyclic) bond motifs is 1. The first-order valence-electron chi connectivity index (χ1n) is 8.04. The third-order valence-electron chi connectivity index (χ3n) is 4.31. The molecular formula is C16H19NO9S. The van der Waals surface area contributed by atoms with Crippen molar-refractivity contribution in [3.8, 4) is 5.75 Å². The van der Waals surface area contributed by atoms with Crippen LogP contribution in [0.1, 0.15) is 5.56 Å². The van der Waals surface area contributed by atoms with Gasteiger partial charge in [-0.15, -0.1) is 0 Å². The molecule has 0 radical (unpaired) electrons. The number of rotatable bonds is 5. The number of aliphatic hydroxyl groups excluding tert-OH is 3. The highest BCUT2D eigenvalue weighted by Gasteiger charge is 2.46. The molecule has 3 rings (SSSR count). The predicted molar refractivity (Wildman–Crippen MR) is 92.8 cm³/mol. The van der Waals surface area contributed by atoms with E-state index in [2.05, 4.69) is 4.72 Å². The van der Waals surface area contributed by atoms with Gasteiger partial charge in [-0.25, -0.2) is 17.9 Å². The fourth-order valence-electron chi connectivity index (χ4n) is 2.95. The van der Waals surface area contributed by atoms with Gasteiger partial charge in [0.2, 0.25) is 17.2 Å². The molecule has 0 aliphatic carbocycles. The molecule has 2 heterocycles. The minimum atomic E-state index is -3.13. The number of nitrogens with one attached hydrogen (secondary N) is 1. The zero-order valence-electron chi connectivity index (χ0n) is 14.1. The van der Waals surface area contributed by atoms with E-state index in [-0.39, 0.29) is 11.3 Å². The Morgan fingerprint density at radius 2 is 1.96 bits per heavy atom. The first kappa shape index (κ1) is 19.7. The van der Waals surface area contributed by atoms with Crippen molar-refractivity contribution >= 4 is 21.9 Å². The van der Waals surface area contributed by atoms with E-state index in [1.165, 1.54) is 12.1 Å². The highest BCUT2D eigenvalue weighted by molar-refractivity contribution is 7.70. The second-order valence-electron chi connectivity index (χ2n) is 6.14. The zero-order valence-corrected chi connectivity index (χ0v) is 15.0. The maximum Gasteiger partial charge on any atom is 0.336 e. The van der Waals surface area contributed by atoms with E-state index in [1.807, 2.05) is 0 Å². The molecule has 1 saturated heterocycles. The van der Waals surface area contributed by atoms with Crippen LogP contribution < -0.4 is 15.1 Å². The van der Waals surface area contributed by atoms with Crippen LogP contribution in [0.3, 0.4) is 0 Å². The Balaban J connectivity index is 1.92. The lowest BCUT2D eigenvalue weighted by molar-refractivity contribution is -0.241. The maximum absolute atomic E-state index is 11.5. The third-order valence-corrected chi connectivity index (χ3v) is 4.82. The van der Waals surface area contributed by atoms with Crippen molar-refractivity contribution < 1.29 is 37.6 Å². The first-order valence-corrected chi connectivity index (χ1v) is 9.22. The molecule has 1 aliphatic heterocycles. The number of aliphatic hydroxyl groups is 3. The number of thiol groups is 1. The van der Waals surface area contributed by atoms with Gasteiger partial charge in [0.1, 0.15) is 35.7 Å². The van der Waals surface area contributed by atoms with Gasteiger partial charge in [-0.1, -0.05) is 0 Å². The second-order valence-corrected chi connectivity index (χ2v) is 6.92. The van der Waals surface area contributed by atoms with Crippen LogP contribution in [0.25, 0.3) is 11.0 Å². The molecule has 0 bridgehead atoms. The molecule has 0 spiro atoms. The molecule has 4 N–H and O–H groups in total. The van der Waals surface area contributed by atoms with Crippen LogP contribution in [-0.4, -0.2) is 61.0 Å². The SMILES string of the molecule is Cc1cc(=O)oc2cc(O[C@H]3O[C@H](CO)[C@@H](O)[C@H](O)[C@H]3N[SH](=O)=O)ccc12. The molecule has 0 unspecified atom stereocenters. The van der Waals surface area contributed by atoms with Crippen LogP contribution in [0.15, 0.2) is 33.5 Å². The van der Waals surface area contributed by atoms with Crippen LogP contribution >= 0.6 is 0 Å². The molecule has 2 aromatic rings. The molecule has 1 aromatic heterocycles. The molecule has 1 fully saturated rings. The van der Waals surface area contributed by atoms with E-state index in [9.17, 15) is 28.5 Å². The Morgan fingerprint density at radius 1 is 1.22 bits per heavy atom. The number of hydrogen-bond acceptors (Lipinski definition) is 9. The molecule has 10 nitrogen and oxygen atoms in total. The predicted octanol–water partition coefficient (Wildman–Crippen LogP) is -1.60. The Labute approximate surface area is 155 Å². The van der Waals surface area contributed by atoms with Gasteiger partial charge in [0.15, 0.2) is 0 Å². The Morgan fingerprint density at radius 3 is 2.63 bits per heavy atom. The van der Waals surface area contributed by atoms with Gasteiger partial charge in [-0.2, -0.15) is 0 Å². The summed E-state index contributed by atoms with van der Waals surface area (Å²) >= 11 is 0. The fourth-order valence-corrected chi connectivity index (χ4v) is 3.47. The topological polar surface area (TPSA) is 156 Å². The van der Waals surface area contributed by atoms with Gasteiger partial charge in [0, 0.05) is 17.5 Å². The lowest BCUT2D eigenvalue weighted by Gasteiger charge is -2.41. The number of aryl methyl sites for hydroxylation is 1. The van der Waals surface area contributed by atoms with E-state index in [0.717, 1.165) is 0 Å². The normalized spacial score (nSPS) is 28.6. The summed E-state index contributed by atoms with van der Waals surface area (Å²) in [4.78, 5) is 11.5. The lowest BCUT2D eigenvalue weighted by atomic mass is 9.98. The molecule has 148 valence electrons. The summed E-state index contributed by atoms with van der Waals surface area (Å²) in [6.45, 7) is 1.14. The smallest absolute Gasteiger partial charge is 0.336 e. The largest absolute Gasteiger partial charge is 0.463 e. The average Bonchev–Trinajstić information content (AvgIpc) is 2.60. The zero-order chi connectivity index (χ0) is 19.7. The van der Waals surface area contributed by atoms with Crippen molar-refractivity contribution in [3.63, 3.8) is 0 Å². The minimum absolute atomic E-state index is 0.175. The number of ether oxygens (including phenoxy) is 2. The van der Waals surface area contributed by atoms with Crippen LogP contribution in [0.4, 0.5) is 0 Å². The average molecular weight is 401 g/mol. The minimum Gasteiger partial charge on any atom is -0.463 e. The van der Waals surface area contributed by atoms with Crippen LogP contribution in [-0.2, 0) is 15.6 Å². The van der Waals surface area contributed by atoms with Crippen molar-refractivity contribution in [2.75, 3.05) is 6.61 Å². The molecule has 1 aliphatic rings. The third kappa shape index (κ3) is 4.13. The van der Waals surface area contributed by atoms with Crippen molar-refractivity contribution in [1.82, 2.24) is 4.72 Å². The standard InChI is InChI=1S/C16H19NO9S/c1-7-4-12(19)25-10-5-8(2-3-9(7)10)24-16-13(17-27(22)23)15(21)14(20)11(6-18)26-16/h2-5,11,13-16,18,20-21,27H,6H2,1H3,(H,17,22,23)/t11-,13-,14-,15-,16+/m1/s1. The Kier molecular flexibility index (Phi) is 5.79. The van der Waals surface area contributed by atoms with Crippen LogP contribution in [0.5, 0.6) is 5.75 Å². The summed E-state index contributed by atoms with van der Waals surface area (Å²) in [5.74, 6) is 0.175. The van der Waals surface area contributed by atoms with E-state index >= 15 is 0 Å². The molecule has 27 heavy (non-hydrogen) atoms. The highest BCUT2D eigenvalue weighted by Crippen LogP contribution is 2.27. The number of hydrogen-bond donors (Lipinski definition) is 5. The molecule has 5 atom stereocenters. The molecule has 0 amide bonds. The van der Waals surface area contributed by atoms with Gasteiger partial charge in [-0.05, 0) is 24.6 Å². The molecule has 11 heteroatoms. The van der Waals surface area contributed by atoms with Gasteiger partial charge in [0.05, 0.1) is 6.61 Å². The summed E-state index contributed by atoms with van der Waals surface area (Å²) in [5, 5.41) is 30.1. The van der Waals surface area contributed by atoms with Crippen molar-refractivity contribution in [2.45, 2.75) is 37.6 Å². The van der Waals surface area contributed by atoms with Gasteiger partial charge in [0.25, 0.3) is 0 Å². The van der Waals surface area contributed by atoms with Crippen molar-refractivity contribution in [2.24, 2.45) is 0 Å². The summed E-state index contributed by atoms with van der Waals surface area (Å²) in [6, 6.07) is 4.66. The fraction of sp³-hybridized carbons (Fsp3) is 0.438. The Bertz CT molecular complexity index is 949. The van der Waals surface area contributed by atoms with E-state index in [4.69, 9.17) is 13.9 Å². The van der Waals surface area contributed by atoms with E-state index in [1.54, 1.807) is 19.1 Å². The molecule has 1 aromatic carbocycles. The van der Waals surface area contributed by atoms with E-state index < -0.39 is 53.8 Å². The maximum atomic E-state index is 11.5. The Hall–Kier alpha value is -2.02. The van der Waals surface area contributed by atoms with Crippen LogP contribution in [0, 0.1) is 6.92 Å². The summed E-state index contributed by atoms with van der Waals surface area (Å²) in [5.41, 5.74) is 0.434. The summed E-state index contributed by atoms with van der Waals surface area (Å²) < 4.78 is 40.3. The second kappa shape index (κ2) is 7.92. The van der Waals surface area contributed by atoms with Crippen molar-refractivity contribution in [3.05, 3.63) is 40.2 Å². The van der Waals surface area contributed by atoms with Gasteiger partial charge in [-0.3, -0.25) is 0 Å². The summed E-state index contributed by atoms with van der Waals surface area (Å²) in [6.07, 6.45) is -5.61. The summed E-state index contributed by atoms with van der Waals surface area (Å²) in [7, 11) is -3.13. The number of benzene rings is 1.